The molecule has 2 amide bonds. The summed E-state index contributed by atoms with van der Waals surface area (Å²) in [6.07, 6.45) is -2.01. The number of halogens is 4. The molecule has 0 radical (unpaired) electrons. The van der Waals surface area contributed by atoms with Gasteiger partial charge in [-0.2, -0.15) is 23.4 Å². The SMILES string of the molecule is CNC(=O)c1c(NC(=O)c2cc(C(F)(F)F)nn2-c2ncccc2Cl)c(C)cc2cn[nH]c12. The normalized spacial score (nSPS) is 11.6. The Morgan fingerprint density at radius 2 is 1.97 bits per heavy atom. The van der Waals surface area contributed by atoms with Crippen molar-refractivity contribution in [2.24, 2.45) is 0 Å². The minimum absolute atomic E-state index is 0.00974. The molecule has 4 rings (SSSR count). The van der Waals surface area contributed by atoms with Crippen molar-refractivity contribution in [1.29, 1.82) is 0 Å². The molecule has 0 aliphatic carbocycles. The fraction of sp³-hybridized carbons (Fsp3) is 0.150. The predicted octanol–water partition coefficient (Wildman–Crippen LogP) is 3.74. The number of anilines is 1. The van der Waals surface area contributed by atoms with Crippen LogP contribution in [-0.4, -0.2) is 43.8 Å². The number of aryl methyl sites for hydroxylation is 1. The average molecular weight is 478 g/mol. The number of hydrogen-bond donors (Lipinski definition) is 3. The Morgan fingerprint density at radius 3 is 2.64 bits per heavy atom. The van der Waals surface area contributed by atoms with Crippen molar-refractivity contribution in [3.05, 3.63) is 64.2 Å². The molecule has 33 heavy (non-hydrogen) atoms. The topological polar surface area (TPSA) is 118 Å². The molecule has 9 nitrogen and oxygen atoms in total. The third kappa shape index (κ3) is 4.00. The molecule has 13 heteroatoms. The second-order valence-electron chi connectivity index (χ2n) is 6.94. The summed E-state index contributed by atoms with van der Waals surface area (Å²) in [6, 6.07) is 5.15. The van der Waals surface area contributed by atoms with Gasteiger partial charge in [-0.1, -0.05) is 11.6 Å². The van der Waals surface area contributed by atoms with Gasteiger partial charge in [0.2, 0.25) is 0 Å². The molecular weight excluding hydrogens is 463 g/mol. The van der Waals surface area contributed by atoms with Crippen LogP contribution in [0.5, 0.6) is 0 Å². The predicted molar refractivity (Wildman–Crippen MR) is 114 cm³/mol. The van der Waals surface area contributed by atoms with Crippen molar-refractivity contribution in [2.45, 2.75) is 13.1 Å². The number of H-pyrrole nitrogens is 1. The lowest BCUT2D eigenvalue weighted by molar-refractivity contribution is -0.141. The highest BCUT2D eigenvalue weighted by Crippen LogP contribution is 2.32. The molecule has 0 aliphatic heterocycles. The summed E-state index contributed by atoms with van der Waals surface area (Å²) < 4.78 is 40.9. The van der Waals surface area contributed by atoms with Crippen LogP contribution < -0.4 is 10.6 Å². The molecule has 3 heterocycles. The summed E-state index contributed by atoms with van der Waals surface area (Å²) >= 11 is 6.08. The zero-order chi connectivity index (χ0) is 23.9. The number of alkyl halides is 3. The van der Waals surface area contributed by atoms with Crippen molar-refractivity contribution < 1.29 is 22.8 Å². The van der Waals surface area contributed by atoms with Gasteiger partial charge in [0, 0.05) is 24.7 Å². The molecule has 0 atom stereocenters. The number of carbonyl (C=O) groups excluding carboxylic acids is 2. The van der Waals surface area contributed by atoms with Crippen LogP contribution in [-0.2, 0) is 6.18 Å². The standard InChI is InChI=1S/C20H15ClF3N7O2/c1-9-6-10-8-27-29-16(10)14(19(33)25-2)15(9)28-18(32)12-7-13(20(22,23)24)30-31(12)17-11(21)4-3-5-26-17/h3-8H,1-2H3,(H,25,33)(H,27,29)(H,28,32). The van der Waals surface area contributed by atoms with E-state index < -0.39 is 29.4 Å². The lowest BCUT2D eigenvalue weighted by Crippen LogP contribution is -2.24. The molecule has 3 aromatic heterocycles. The zero-order valence-electron chi connectivity index (χ0n) is 17.1. The molecule has 0 saturated heterocycles. The van der Waals surface area contributed by atoms with Gasteiger partial charge in [0.05, 0.1) is 28.0 Å². The smallest absolute Gasteiger partial charge is 0.355 e. The quantitative estimate of drug-likeness (QED) is 0.414. The Hall–Kier alpha value is -3.93. The Balaban J connectivity index is 1.86. The first-order valence-corrected chi connectivity index (χ1v) is 9.78. The van der Waals surface area contributed by atoms with Gasteiger partial charge < -0.3 is 10.6 Å². The van der Waals surface area contributed by atoms with Crippen molar-refractivity contribution in [1.82, 2.24) is 30.3 Å². The largest absolute Gasteiger partial charge is 0.435 e. The molecule has 1 aromatic carbocycles. The summed E-state index contributed by atoms with van der Waals surface area (Å²) in [4.78, 5) is 29.7. The monoisotopic (exact) mass is 477 g/mol. The molecule has 0 spiro atoms. The van der Waals surface area contributed by atoms with Gasteiger partial charge in [0.15, 0.2) is 11.5 Å². The summed E-state index contributed by atoms with van der Waals surface area (Å²) in [6.45, 7) is 1.64. The Bertz CT molecular complexity index is 1390. The van der Waals surface area contributed by atoms with E-state index in [1.807, 2.05) is 0 Å². The number of aromatic nitrogens is 5. The average Bonchev–Trinajstić information content (AvgIpc) is 3.41. The molecule has 0 saturated carbocycles. The lowest BCUT2D eigenvalue weighted by atomic mass is 10.0. The molecule has 0 unspecified atom stereocenters. The van der Waals surface area contributed by atoms with Crippen LogP contribution in [0.25, 0.3) is 16.7 Å². The fourth-order valence-electron chi connectivity index (χ4n) is 3.30. The summed E-state index contributed by atoms with van der Waals surface area (Å²) in [7, 11) is 1.41. The van der Waals surface area contributed by atoms with E-state index in [1.54, 1.807) is 13.0 Å². The van der Waals surface area contributed by atoms with Gasteiger partial charge in [0.1, 0.15) is 5.69 Å². The van der Waals surface area contributed by atoms with Crippen LogP contribution in [0.15, 0.2) is 36.7 Å². The van der Waals surface area contributed by atoms with Crippen molar-refractivity contribution in [3.8, 4) is 5.82 Å². The van der Waals surface area contributed by atoms with E-state index in [-0.39, 0.29) is 22.1 Å². The summed E-state index contributed by atoms with van der Waals surface area (Å²) in [5, 5.41) is 15.7. The van der Waals surface area contributed by atoms with E-state index in [9.17, 15) is 22.8 Å². The number of amides is 2. The number of nitrogens with zero attached hydrogens (tertiary/aromatic N) is 4. The molecule has 170 valence electrons. The second-order valence-corrected chi connectivity index (χ2v) is 7.35. The van der Waals surface area contributed by atoms with Crippen molar-refractivity contribution >= 4 is 40.0 Å². The summed E-state index contributed by atoms with van der Waals surface area (Å²) in [5.74, 6) is -1.64. The molecule has 4 aromatic rings. The first-order valence-electron chi connectivity index (χ1n) is 9.40. The minimum atomic E-state index is -4.82. The highest BCUT2D eigenvalue weighted by atomic mass is 35.5. The molecule has 3 N–H and O–H groups in total. The third-order valence-corrected chi connectivity index (χ3v) is 5.09. The van der Waals surface area contributed by atoms with Crippen molar-refractivity contribution in [2.75, 3.05) is 12.4 Å². The van der Waals surface area contributed by atoms with Gasteiger partial charge in [-0.3, -0.25) is 14.7 Å². The number of aromatic amines is 1. The Labute approximate surface area is 188 Å². The van der Waals surface area contributed by atoms with Crippen LogP contribution >= 0.6 is 11.6 Å². The summed E-state index contributed by atoms with van der Waals surface area (Å²) in [5.41, 5.74) is -0.751. The van der Waals surface area contributed by atoms with E-state index >= 15 is 0 Å². The number of pyridine rings is 1. The maximum absolute atomic E-state index is 13.4. The number of rotatable bonds is 4. The number of benzene rings is 1. The van der Waals surface area contributed by atoms with Crippen LogP contribution in [0, 0.1) is 6.92 Å². The van der Waals surface area contributed by atoms with E-state index in [2.05, 4.69) is 30.9 Å². The first-order chi connectivity index (χ1) is 15.6. The van der Waals surface area contributed by atoms with E-state index in [0.29, 0.717) is 27.2 Å². The Kier molecular flexibility index (Phi) is 5.54. The van der Waals surface area contributed by atoms with Crippen LogP contribution in [0.3, 0.4) is 0 Å². The van der Waals surface area contributed by atoms with Gasteiger partial charge in [-0.15, -0.1) is 0 Å². The number of carbonyl (C=O) groups is 2. The van der Waals surface area contributed by atoms with Gasteiger partial charge >= 0.3 is 6.18 Å². The molecule has 0 fully saturated rings. The lowest BCUT2D eigenvalue weighted by Gasteiger charge is -2.15. The van der Waals surface area contributed by atoms with E-state index in [0.717, 1.165) is 0 Å². The fourth-order valence-corrected chi connectivity index (χ4v) is 3.50. The van der Waals surface area contributed by atoms with Crippen LogP contribution in [0.4, 0.5) is 18.9 Å². The molecular formula is C20H15ClF3N7O2. The van der Waals surface area contributed by atoms with Gasteiger partial charge in [-0.05, 0) is 30.7 Å². The zero-order valence-corrected chi connectivity index (χ0v) is 17.8. The maximum Gasteiger partial charge on any atom is 0.435 e. The van der Waals surface area contributed by atoms with E-state index in [4.69, 9.17) is 11.6 Å². The van der Waals surface area contributed by atoms with Gasteiger partial charge in [0.25, 0.3) is 11.8 Å². The number of hydrogen-bond acceptors (Lipinski definition) is 5. The molecule has 0 aliphatic rings. The third-order valence-electron chi connectivity index (χ3n) is 4.80. The Morgan fingerprint density at radius 1 is 1.21 bits per heavy atom. The number of fused-ring (bicyclic) bond motifs is 1. The highest BCUT2D eigenvalue weighted by Gasteiger charge is 2.37. The van der Waals surface area contributed by atoms with Crippen LogP contribution in [0.1, 0.15) is 32.1 Å². The highest BCUT2D eigenvalue weighted by molar-refractivity contribution is 6.32. The molecule has 0 bridgehead atoms. The minimum Gasteiger partial charge on any atom is -0.355 e. The first kappa shape index (κ1) is 22.3. The van der Waals surface area contributed by atoms with Gasteiger partial charge in [-0.25, -0.2) is 9.67 Å². The maximum atomic E-state index is 13.4. The second kappa shape index (κ2) is 8.20. The van der Waals surface area contributed by atoms with Crippen molar-refractivity contribution in [3.63, 3.8) is 0 Å². The number of nitrogens with one attached hydrogen (secondary N) is 3. The van der Waals surface area contributed by atoms with E-state index in [1.165, 1.54) is 31.6 Å². The van der Waals surface area contributed by atoms with Crippen LogP contribution in [0.2, 0.25) is 5.02 Å².